The minimum absolute atomic E-state index is 0.0409. The van der Waals surface area contributed by atoms with E-state index in [1.807, 2.05) is 37.3 Å². The molecule has 176 valence electrons. The highest BCUT2D eigenvalue weighted by atomic mass is 16.5. The number of unbranched alkanes of at least 4 members (excludes halogenated alkanes) is 1. The number of aromatic nitrogens is 1. The number of pyridine rings is 1. The molecule has 2 amide bonds. The lowest BCUT2D eigenvalue weighted by molar-refractivity contribution is 0.0923. The Balaban J connectivity index is 1.38. The number of hydrogen-bond donors (Lipinski definition) is 2. The second kappa shape index (κ2) is 10.2. The lowest BCUT2D eigenvalue weighted by Gasteiger charge is -2.40. The van der Waals surface area contributed by atoms with Gasteiger partial charge in [-0.2, -0.15) is 0 Å². The maximum absolute atomic E-state index is 13.0. The number of rotatable bonds is 8. The predicted molar refractivity (Wildman–Crippen MR) is 129 cm³/mol. The van der Waals surface area contributed by atoms with E-state index in [1.54, 1.807) is 13.3 Å². The van der Waals surface area contributed by atoms with Crippen molar-refractivity contribution in [2.45, 2.75) is 70.5 Å². The molecule has 1 aromatic carbocycles. The van der Waals surface area contributed by atoms with E-state index in [-0.39, 0.29) is 17.9 Å². The summed E-state index contributed by atoms with van der Waals surface area (Å²) >= 11 is 0. The van der Waals surface area contributed by atoms with Crippen LogP contribution in [0.25, 0.3) is 0 Å². The van der Waals surface area contributed by atoms with Crippen molar-refractivity contribution in [3.05, 3.63) is 53.2 Å². The molecule has 2 N–H and O–H groups in total. The highest BCUT2D eigenvalue weighted by molar-refractivity contribution is 5.96. The first-order valence-corrected chi connectivity index (χ1v) is 12.0. The quantitative estimate of drug-likeness (QED) is 0.597. The molecular weight excluding hydrogens is 416 g/mol. The molecule has 2 fully saturated rings. The third-order valence-corrected chi connectivity index (χ3v) is 6.91. The summed E-state index contributed by atoms with van der Waals surface area (Å²) in [6.45, 7) is 4.71. The van der Waals surface area contributed by atoms with Crippen molar-refractivity contribution in [2.75, 3.05) is 18.6 Å². The van der Waals surface area contributed by atoms with Crippen molar-refractivity contribution in [3.63, 3.8) is 0 Å². The maximum atomic E-state index is 13.0. The second-order valence-electron chi connectivity index (χ2n) is 9.08. The van der Waals surface area contributed by atoms with Crippen LogP contribution in [-0.2, 0) is 0 Å². The molecule has 2 aliphatic heterocycles. The summed E-state index contributed by atoms with van der Waals surface area (Å²) in [5.41, 5.74) is 2.12. The van der Waals surface area contributed by atoms with Gasteiger partial charge in [0, 0.05) is 42.0 Å². The number of methoxy groups -OCH3 is 1. The molecule has 3 heterocycles. The van der Waals surface area contributed by atoms with Gasteiger partial charge in [-0.25, -0.2) is 4.98 Å². The summed E-state index contributed by atoms with van der Waals surface area (Å²) in [6, 6.07) is 10.2. The zero-order valence-electron chi connectivity index (χ0n) is 19.8. The fourth-order valence-corrected chi connectivity index (χ4v) is 5.17. The van der Waals surface area contributed by atoms with Gasteiger partial charge in [-0.1, -0.05) is 19.4 Å². The first-order valence-electron chi connectivity index (χ1n) is 12.0. The van der Waals surface area contributed by atoms with Gasteiger partial charge in [-0.05, 0) is 63.3 Å². The Morgan fingerprint density at radius 2 is 1.88 bits per heavy atom. The number of piperidine rings is 1. The Kier molecular flexibility index (Phi) is 7.16. The van der Waals surface area contributed by atoms with Crippen LogP contribution in [0, 0.1) is 6.92 Å². The van der Waals surface area contributed by atoms with Crippen LogP contribution in [0.4, 0.5) is 5.82 Å². The van der Waals surface area contributed by atoms with E-state index in [0.29, 0.717) is 29.8 Å². The van der Waals surface area contributed by atoms with Gasteiger partial charge in [-0.15, -0.1) is 0 Å². The first-order chi connectivity index (χ1) is 16.0. The monoisotopic (exact) mass is 450 g/mol. The number of hydrogen-bond acceptors (Lipinski definition) is 5. The highest BCUT2D eigenvalue weighted by Gasteiger charge is 2.41. The van der Waals surface area contributed by atoms with E-state index < -0.39 is 0 Å². The highest BCUT2D eigenvalue weighted by Crippen LogP contribution is 2.38. The van der Waals surface area contributed by atoms with Gasteiger partial charge in [0.05, 0.1) is 12.7 Å². The second-order valence-corrected chi connectivity index (χ2v) is 9.08. The van der Waals surface area contributed by atoms with Gasteiger partial charge in [0.15, 0.2) is 0 Å². The summed E-state index contributed by atoms with van der Waals surface area (Å²) in [6.07, 6.45) is 7.68. The van der Waals surface area contributed by atoms with Gasteiger partial charge in [0.25, 0.3) is 11.8 Å². The number of carbonyl (C=O) groups excluding carboxylic acids is 2. The minimum atomic E-state index is -0.0697. The summed E-state index contributed by atoms with van der Waals surface area (Å²) < 4.78 is 5.36. The average Bonchev–Trinajstić information content (AvgIpc) is 3.09. The van der Waals surface area contributed by atoms with Crippen LogP contribution < -0.4 is 20.3 Å². The molecule has 2 aromatic rings. The molecule has 2 bridgehead atoms. The number of ether oxygens (including phenoxy) is 1. The van der Waals surface area contributed by atoms with E-state index in [1.165, 1.54) is 0 Å². The molecule has 0 spiro atoms. The molecule has 0 radical (unpaired) electrons. The molecule has 1 aromatic heterocycles. The summed E-state index contributed by atoms with van der Waals surface area (Å²) in [5, 5.41) is 6.19. The zero-order chi connectivity index (χ0) is 23.4. The van der Waals surface area contributed by atoms with Crippen LogP contribution in [-0.4, -0.2) is 48.6 Å². The molecule has 2 saturated heterocycles. The molecule has 1 unspecified atom stereocenters. The van der Waals surface area contributed by atoms with Crippen molar-refractivity contribution in [1.29, 1.82) is 0 Å². The van der Waals surface area contributed by atoms with Gasteiger partial charge in [0.2, 0.25) is 0 Å². The van der Waals surface area contributed by atoms with Crippen LogP contribution >= 0.6 is 0 Å². The number of nitrogens with one attached hydrogen (secondary N) is 2. The Hall–Kier alpha value is -3.09. The predicted octanol–water partition coefficient (Wildman–Crippen LogP) is 3.86. The summed E-state index contributed by atoms with van der Waals surface area (Å²) in [7, 11) is 1.62. The number of carbonyl (C=O) groups is 2. The molecule has 0 aliphatic carbocycles. The number of benzene rings is 1. The average molecular weight is 451 g/mol. The van der Waals surface area contributed by atoms with Gasteiger partial charge in [-0.3, -0.25) is 9.59 Å². The Morgan fingerprint density at radius 3 is 2.52 bits per heavy atom. The van der Waals surface area contributed by atoms with Gasteiger partial charge in [0.1, 0.15) is 11.6 Å². The minimum Gasteiger partial charge on any atom is -0.496 e. The van der Waals surface area contributed by atoms with Crippen molar-refractivity contribution in [3.8, 4) is 5.75 Å². The molecule has 2 aliphatic rings. The van der Waals surface area contributed by atoms with Gasteiger partial charge >= 0.3 is 0 Å². The van der Waals surface area contributed by atoms with E-state index >= 15 is 0 Å². The van der Waals surface area contributed by atoms with Crippen LogP contribution in [0.2, 0.25) is 0 Å². The molecule has 0 saturated carbocycles. The fraction of sp³-hybridized carbons (Fsp3) is 0.500. The van der Waals surface area contributed by atoms with E-state index in [0.717, 1.165) is 55.7 Å². The molecule has 7 nitrogen and oxygen atoms in total. The van der Waals surface area contributed by atoms with Crippen molar-refractivity contribution >= 4 is 17.6 Å². The smallest absolute Gasteiger partial charge is 0.252 e. The number of nitrogens with zero attached hydrogens (tertiary/aromatic N) is 2. The maximum Gasteiger partial charge on any atom is 0.252 e. The fourth-order valence-electron chi connectivity index (χ4n) is 5.17. The summed E-state index contributed by atoms with van der Waals surface area (Å²) in [4.78, 5) is 32.2. The van der Waals surface area contributed by atoms with E-state index in [2.05, 4.69) is 27.4 Å². The number of anilines is 1. The van der Waals surface area contributed by atoms with Crippen molar-refractivity contribution < 1.29 is 14.3 Å². The standard InChI is InChI=1S/C26H34N4O3/c1-4-5-13-27-25(31)18-9-12-24(28-16-18)30-20-10-11-21(30)15-19(14-20)29-26(32)22-7-6-8-23(33-3)17(22)2/h6-9,12,16,19-21H,4-5,10-11,13-15H2,1-3H3,(H,27,31)(H,29,32)/t19?,20-,21+. The molecule has 7 heteroatoms. The van der Waals surface area contributed by atoms with Gasteiger partial charge < -0.3 is 20.3 Å². The van der Waals surface area contributed by atoms with E-state index in [9.17, 15) is 9.59 Å². The van der Waals surface area contributed by atoms with E-state index in [4.69, 9.17) is 4.74 Å². The normalized spacial score (nSPS) is 21.5. The lowest BCUT2D eigenvalue weighted by Crippen LogP contribution is -2.50. The van der Waals surface area contributed by atoms with Crippen LogP contribution in [0.5, 0.6) is 5.75 Å². The molecule has 3 atom stereocenters. The Bertz CT molecular complexity index is 978. The topological polar surface area (TPSA) is 83.6 Å². The zero-order valence-corrected chi connectivity index (χ0v) is 19.8. The van der Waals surface area contributed by atoms with Crippen LogP contribution in [0.1, 0.15) is 71.7 Å². The SMILES string of the molecule is CCCCNC(=O)c1ccc(N2[C@@H]3CC[C@H]2CC(NC(=O)c2cccc(OC)c2C)C3)nc1. The Labute approximate surface area is 195 Å². The van der Waals surface area contributed by atoms with Crippen molar-refractivity contribution in [1.82, 2.24) is 15.6 Å². The lowest BCUT2D eigenvalue weighted by atomic mass is 9.96. The Morgan fingerprint density at radius 1 is 1.12 bits per heavy atom. The molecule has 4 rings (SSSR count). The molecular formula is C26H34N4O3. The summed E-state index contributed by atoms with van der Waals surface area (Å²) in [5.74, 6) is 1.53. The number of amides is 2. The van der Waals surface area contributed by atoms with Crippen LogP contribution in [0.3, 0.4) is 0 Å². The third-order valence-electron chi connectivity index (χ3n) is 6.91. The third kappa shape index (κ3) is 4.97. The largest absolute Gasteiger partial charge is 0.496 e. The molecule has 33 heavy (non-hydrogen) atoms. The van der Waals surface area contributed by atoms with Crippen LogP contribution in [0.15, 0.2) is 36.5 Å². The van der Waals surface area contributed by atoms with Crippen molar-refractivity contribution in [2.24, 2.45) is 0 Å². The number of fused-ring (bicyclic) bond motifs is 2. The first kappa shape index (κ1) is 23.1.